The first-order chi connectivity index (χ1) is 12.2. The van der Waals surface area contributed by atoms with Gasteiger partial charge in [0.05, 0.1) is 18.3 Å². The summed E-state index contributed by atoms with van der Waals surface area (Å²) in [6, 6.07) is 13.4. The maximum absolute atomic E-state index is 6.03. The number of nitrogens with zero attached hydrogens (tertiary/aromatic N) is 1. The van der Waals surface area contributed by atoms with Crippen LogP contribution in [0.3, 0.4) is 0 Å². The second-order valence-electron chi connectivity index (χ2n) is 5.94. The fraction of sp³-hybridized carbons (Fsp3) is 0.150. The molecule has 0 bridgehead atoms. The van der Waals surface area contributed by atoms with Gasteiger partial charge in [0.25, 0.3) is 0 Å². The van der Waals surface area contributed by atoms with Gasteiger partial charge >= 0.3 is 0 Å². The number of aromatic amines is 1. The number of rotatable bonds is 4. The van der Waals surface area contributed by atoms with Crippen molar-refractivity contribution in [3.63, 3.8) is 0 Å². The molecule has 126 valence electrons. The van der Waals surface area contributed by atoms with Crippen LogP contribution in [0.1, 0.15) is 11.3 Å². The molecule has 0 aliphatic heterocycles. The highest BCUT2D eigenvalue weighted by Gasteiger charge is 2.13. The van der Waals surface area contributed by atoms with Gasteiger partial charge < -0.3 is 14.5 Å². The van der Waals surface area contributed by atoms with E-state index in [0.717, 1.165) is 38.8 Å². The van der Waals surface area contributed by atoms with Gasteiger partial charge in [-0.15, -0.1) is 0 Å². The Balaban J connectivity index is 1.86. The summed E-state index contributed by atoms with van der Waals surface area (Å²) in [6.45, 7) is 2.52. The number of aromatic nitrogens is 2. The van der Waals surface area contributed by atoms with Crippen LogP contribution < -0.4 is 4.74 Å². The van der Waals surface area contributed by atoms with Crippen LogP contribution in [-0.2, 0) is 11.3 Å². The highest BCUT2D eigenvalue weighted by Crippen LogP contribution is 2.33. The summed E-state index contributed by atoms with van der Waals surface area (Å²) >= 11 is 6.03. The molecule has 0 fully saturated rings. The number of methoxy groups -OCH3 is 1. The lowest BCUT2D eigenvalue weighted by Crippen LogP contribution is -1.95. The molecule has 4 aromatic rings. The van der Waals surface area contributed by atoms with Crippen molar-refractivity contribution < 1.29 is 9.47 Å². The monoisotopic (exact) mass is 352 g/mol. The lowest BCUT2D eigenvalue weighted by molar-refractivity contribution is 0.185. The van der Waals surface area contributed by atoms with E-state index in [1.165, 1.54) is 0 Å². The summed E-state index contributed by atoms with van der Waals surface area (Å²) in [6.07, 6.45) is 1.86. The molecule has 4 nitrogen and oxygen atoms in total. The van der Waals surface area contributed by atoms with E-state index in [0.29, 0.717) is 17.4 Å². The van der Waals surface area contributed by atoms with Crippen LogP contribution in [0.15, 0.2) is 48.7 Å². The third-order valence-corrected chi connectivity index (χ3v) is 4.48. The first-order valence-corrected chi connectivity index (χ1v) is 8.36. The molecule has 2 aromatic heterocycles. The highest BCUT2D eigenvalue weighted by molar-refractivity contribution is 6.30. The molecule has 0 atom stereocenters. The Kier molecular flexibility index (Phi) is 4.07. The van der Waals surface area contributed by atoms with E-state index in [-0.39, 0.29) is 0 Å². The molecule has 1 N–H and O–H groups in total. The molecule has 4 rings (SSSR count). The van der Waals surface area contributed by atoms with Gasteiger partial charge in [0.15, 0.2) is 0 Å². The van der Waals surface area contributed by atoms with Gasteiger partial charge in [-0.25, -0.2) is 0 Å². The summed E-state index contributed by atoms with van der Waals surface area (Å²) < 4.78 is 11.3. The molecule has 25 heavy (non-hydrogen) atoms. The molecular formula is C20H17ClN2O2. The zero-order valence-corrected chi connectivity index (χ0v) is 14.7. The fourth-order valence-electron chi connectivity index (χ4n) is 3.09. The maximum Gasteiger partial charge on any atom is 0.128 e. The first-order valence-electron chi connectivity index (χ1n) is 7.98. The smallest absolute Gasteiger partial charge is 0.128 e. The number of benzene rings is 2. The van der Waals surface area contributed by atoms with Crippen molar-refractivity contribution in [1.29, 1.82) is 0 Å². The lowest BCUT2D eigenvalue weighted by Gasteiger charge is -2.08. The van der Waals surface area contributed by atoms with Crippen LogP contribution in [-0.4, -0.2) is 17.1 Å². The van der Waals surface area contributed by atoms with Crippen LogP contribution >= 0.6 is 11.6 Å². The average molecular weight is 353 g/mol. The summed E-state index contributed by atoms with van der Waals surface area (Å²) in [5.41, 5.74) is 4.09. The van der Waals surface area contributed by atoms with Crippen molar-refractivity contribution in [3.05, 3.63) is 64.9 Å². The van der Waals surface area contributed by atoms with Crippen LogP contribution in [0, 0.1) is 6.92 Å². The highest BCUT2D eigenvalue weighted by atomic mass is 35.5. The predicted octanol–water partition coefficient (Wildman–Crippen LogP) is 5.62. The van der Waals surface area contributed by atoms with Crippen molar-refractivity contribution >= 4 is 33.4 Å². The molecule has 0 amide bonds. The van der Waals surface area contributed by atoms with Gasteiger partial charge in [0, 0.05) is 39.7 Å². The number of H-pyrrole nitrogens is 1. The summed E-state index contributed by atoms with van der Waals surface area (Å²) in [7, 11) is 1.70. The van der Waals surface area contributed by atoms with Gasteiger partial charge in [0.1, 0.15) is 11.5 Å². The van der Waals surface area contributed by atoms with E-state index in [9.17, 15) is 0 Å². The standard InChI is InChI=1S/C20H17ClN2O2/c1-12-17(11-24-2)20-16-9-15(25-14-5-3-4-13(21)8-14)6-7-18(16)23-19(20)10-22-12/h3-10,23H,11H2,1-2H3. The van der Waals surface area contributed by atoms with Gasteiger partial charge in [-0.05, 0) is 43.3 Å². The van der Waals surface area contributed by atoms with E-state index < -0.39 is 0 Å². The van der Waals surface area contributed by atoms with Gasteiger partial charge in [-0.1, -0.05) is 17.7 Å². The van der Waals surface area contributed by atoms with Crippen LogP contribution in [0.2, 0.25) is 5.02 Å². The van der Waals surface area contributed by atoms with E-state index in [1.54, 1.807) is 13.2 Å². The summed E-state index contributed by atoms with van der Waals surface area (Å²) in [5, 5.41) is 2.86. The van der Waals surface area contributed by atoms with Crippen molar-refractivity contribution in [2.75, 3.05) is 7.11 Å². The third-order valence-electron chi connectivity index (χ3n) is 4.25. The van der Waals surface area contributed by atoms with Crippen molar-refractivity contribution in [2.45, 2.75) is 13.5 Å². The summed E-state index contributed by atoms with van der Waals surface area (Å²) in [5.74, 6) is 1.47. The van der Waals surface area contributed by atoms with E-state index in [2.05, 4.69) is 9.97 Å². The lowest BCUT2D eigenvalue weighted by atomic mass is 10.1. The molecule has 0 radical (unpaired) electrons. The SMILES string of the molecule is COCc1c(C)ncc2[nH]c3ccc(Oc4cccc(Cl)c4)cc3c12. The topological polar surface area (TPSA) is 47.1 Å². The minimum atomic E-state index is 0.516. The first kappa shape index (κ1) is 15.9. The Hall–Kier alpha value is -2.56. The zero-order valence-electron chi connectivity index (χ0n) is 14.0. The third kappa shape index (κ3) is 2.95. The molecule has 2 heterocycles. The number of fused-ring (bicyclic) bond motifs is 3. The average Bonchev–Trinajstić information content (AvgIpc) is 2.96. The van der Waals surface area contributed by atoms with Crippen molar-refractivity contribution in [3.8, 4) is 11.5 Å². The van der Waals surface area contributed by atoms with E-state index in [1.807, 2.05) is 49.5 Å². The number of hydrogen-bond acceptors (Lipinski definition) is 3. The Bertz CT molecular complexity index is 1070. The molecule has 0 aliphatic carbocycles. The van der Waals surface area contributed by atoms with Crippen LogP contribution in [0.5, 0.6) is 11.5 Å². The molecule has 0 spiro atoms. The molecular weight excluding hydrogens is 336 g/mol. The van der Waals surface area contributed by atoms with Gasteiger partial charge in [0.2, 0.25) is 0 Å². The van der Waals surface area contributed by atoms with Gasteiger partial charge in [-0.2, -0.15) is 0 Å². The molecule has 0 saturated heterocycles. The zero-order chi connectivity index (χ0) is 17.4. The fourth-order valence-corrected chi connectivity index (χ4v) is 3.27. The Morgan fingerprint density at radius 2 is 1.92 bits per heavy atom. The number of aryl methyl sites for hydroxylation is 1. The van der Waals surface area contributed by atoms with Crippen molar-refractivity contribution in [1.82, 2.24) is 9.97 Å². The molecule has 0 unspecified atom stereocenters. The Labute approximate surface area is 150 Å². The van der Waals surface area contributed by atoms with E-state index in [4.69, 9.17) is 21.1 Å². The summed E-state index contributed by atoms with van der Waals surface area (Å²) in [4.78, 5) is 7.87. The minimum absolute atomic E-state index is 0.516. The second kappa shape index (κ2) is 6.39. The van der Waals surface area contributed by atoms with Crippen LogP contribution in [0.4, 0.5) is 0 Å². The molecule has 0 saturated carbocycles. The number of ether oxygens (including phenoxy) is 2. The number of nitrogens with one attached hydrogen (secondary N) is 1. The molecule has 0 aliphatic rings. The largest absolute Gasteiger partial charge is 0.457 e. The predicted molar refractivity (Wildman–Crippen MR) is 101 cm³/mol. The molecule has 2 aromatic carbocycles. The Morgan fingerprint density at radius 3 is 2.72 bits per heavy atom. The minimum Gasteiger partial charge on any atom is -0.457 e. The normalized spacial score (nSPS) is 11.3. The molecule has 5 heteroatoms. The number of pyridine rings is 1. The quantitative estimate of drug-likeness (QED) is 0.518. The maximum atomic E-state index is 6.03. The number of halogens is 1. The Morgan fingerprint density at radius 1 is 1.08 bits per heavy atom. The van der Waals surface area contributed by atoms with Gasteiger partial charge in [-0.3, -0.25) is 4.98 Å². The van der Waals surface area contributed by atoms with Crippen molar-refractivity contribution in [2.24, 2.45) is 0 Å². The van der Waals surface area contributed by atoms with E-state index >= 15 is 0 Å². The number of hydrogen-bond donors (Lipinski definition) is 1. The second-order valence-corrected chi connectivity index (χ2v) is 6.37. The van der Waals surface area contributed by atoms with Crippen LogP contribution in [0.25, 0.3) is 21.8 Å².